The minimum atomic E-state index is 0. The number of hydrogen-bond donors (Lipinski definition) is 0. The molecule has 0 bridgehead atoms. The van der Waals surface area contributed by atoms with E-state index in [4.69, 9.17) is 0 Å². The Morgan fingerprint density at radius 2 is 0.886 bits per heavy atom. The van der Waals surface area contributed by atoms with Gasteiger partial charge in [-0.25, -0.2) is 19.3 Å². The quantitative estimate of drug-likeness (QED) is 0.348. The van der Waals surface area contributed by atoms with E-state index in [1.54, 1.807) is 34.2 Å². The van der Waals surface area contributed by atoms with Crippen molar-refractivity contribution in [3.63, 3.8) is 0 Å². The molecule has 0 saturated heterocycles. The van der Waals surface area contributed by atoms with Crippen molar-refractivity contribution in [1.29, 1.82) is 0 Å². The largest absolute Gasteiger partial charge is 0.255 e. The zero-order chi connectivity index (χ0) is 23.0. The Bertz CT molecular complexity index is 1320. The van der Waals surface area contributed by atoms with Gasteiger partial charge in [-0.15, -0.1) is 0 Å². The Morgan fingerprint density at radius 1 is 0.429 bits per heavy atom. The van der Waals surface area contributed by atoms with Crippen LogP contribution in [-0.4, -0.2) is 39.5 Å². The molecule has 35 heavy (non-hydrogen) atoms. The van der Waals surface area contributed by atoms with E-state index in [0.717, 1.165) is 34.4 Å². The first kappa shape index (κ1) is 23.7. The van der Waals surface area contributed by atoms with Gasteiger partial charge >= 0.3 is 0 Å². The zero-order valence-electron chi connectivity index (χ0n) is 18.5. The summed E-state index contributed by atoms with van der Waals surface area (Å²) >= 11 is 0. The molecule has 6 heterocycles. The van der Waals surface area contributed by atoms with Crippen LogP contribution in [0.5, 0.6) is 0 Å². The number of pyridine rings is 4. The number of rotatable bonds is 4. The fourth-order valence-corrected chi connectivity index (χ4v) is 3.22. The van der Waals surface area contributed by atoms with Gasteiger partial charge in [0.25, 0.3) is 0 Å². The Balaban J connectivity index is 0.000000160. The van der Waals surface area contributed by atoms with Crippen LogP contribution in [0, 0.1) is 0 Å². The predicted octanol–water partition coefficient (Wildman–Crippen LogP) is 4.66. The molecule has 0 amide bonds. The van der Waals surface area contributed by atoms with Crippen LogP contribution in [0.25, 0.3) is 34.4 Å². The van der Waals surface area contributed by atoms with Crippen LogP contribution in [0.15, 0.2) is 122 Å². The maximum absolute atomic E-state index is 4.52. The molecular formula is C26H20CoN8. The Hall–Kier alpha value is -4.47. The predicted molar refractivity (Wildman–Crippen MR) is 129 cm³/mol. The molecule has 0 atom stereocenters. The van der Waals surface area contributed by atoms with E-state index >= 15 is 0 Å². The summed E-state index contributed by atoms with van der Waals surface area (Å²) in [5.41, 5.74) is 3.42. The number of nitrogens with zero attached hydrogens (tertiary/aromatic N) is 8. The number of hydrogen-bond acceptors (Lipinski definition) is 6. The summed E-state index contributed by atoms with van der Waals surface area (Å²) in [5, 5.41) is 8.31. The van der Waals surface area contributed by atoms with Gasteiger partial charge in [-0.05, 0) is 60.7 Å². The Morgan fingerprint density at radius 3 is 1.26 bits per heavy atom. The van der Waals surface area contributed by atoms with Gasteiger partial charge in [-0.2, -0.15) is 10.2 Å². The van der Waals surface area contributed by atoms with Gasteiger partial charge in [0.15, 0.2) is 11.6 Å². The maximum atomic E-state index is 4.52. The first-order valence-electron chi connectivity index (χ1n) is 10.6. The fourth-order valence-electron chi connectivity index (χ4n) is 3.22. The van der Waals surface area contributed by atoms with Gasteiger partial charge in [0.2, 0.25) is 0 Å². The van der Waals surface area contributed by atoms with Crippen LogP contribution < -0.4 is 0 Å². The van der Waals surface area contributed by atoms with Crippen LogP contribution in [0.4, 0.5) is 0 Å². The van der Waals surface area contributed by atoms with Crippen molar-refractivity contribution in [2.45, 2.75) is 0 Å². The zero-order valence-corrected chi connectivity index (χ0v) is 19.5. The molecule has 0 N–H and O–H groups in total. The summed E-state index contributed by atoms with van der Waals surface area (Å²) in [4.78, 5) is 17.6. The van der Waals surface area contributed by atoms with E-state index in [1.165, 1.54) is 0 Å². The second-order valence-corrected chi connectivity index (χ2v) is 7.09. The maximum Gasteiger partial charge on any atom is 0.154 e. The second-order valence-electron chi connectivity index (χ2n) is 7.09. The topological polar surface area (TPSA) is 87.2 Å². The first-order valence-corrected chi connectivity index (χ1v) is 10.6. The van der Waals surface area contributed by atoms with Gasteiger partial charge < -0.3 is 0 Å². The van der Waals surface area contributed by atoms with Gasteiger partial charge in [0.1, 0.15) is 0 Å². The van der Waals surface area contributed by atoms with Crippen LogP contribution in [-0.2, 0) is 16.8 Å². The fraction of sp³-hybridized carbons (Fsp3) is 0. The molecule has 0 aliphatic rings. The van der Waals surface area contributed by atoms with Gasteiger partial charge in [0.05, 0.1) is 22.8 Å². The van der Waals surface area contributed by atoms with E-state index in [9.17, 15) is 0 Å². The minimum Gasteiger partial charge on any atom is -0.255 e. The standard InChI is InChI=1S/2C13H10N4.Co/c2*1-2-8-14-11(5-1)12-6-3-7-13(16-12)17-10-4-9-15-17;/h2*1-10H;. The molecular weight excluding hydrogens is 483 g/mol. The van der Waals surface area contributed by atoms with Crippen molar-refractivity contribution in [2.24, 2.45) is 0 Å². The van der Waals surface area contributed by atoms with Gasteiger partial charge in [-0.1, -0.05) is 24.3 Å². The van der Waals surface area contributed by atoms with Crippen LogP contribution in [0.1, 0.15) is 0 Å². The number of aromatic nitrogens is 8. The molecule has 0 spiro atoms. The van der Waals surface area contributed by atoms with E-state index < -0.39 is 0 Å². The Labute approximate surface area is 212 Å². The average Bonchev–Trinajstić information content (AvgIpc) is 3.66. The molecule has 0 aliphatic carbocycles. The van der Waals surface area contributed by atoms with E-state index in [2.05, 4.69) is 30.1 Å². The summed E-state index contributed by atoms with van der Waals surface area (Å²) < 4.78 is 3.46. The second kappa shape index (κ2) is 11.6. The Kier molecular flexibility index (Phi) is 7.84. The SMILES string of the molecule is [Co].c1ccc(-c2cccc(-n3cccn3)n2)nc1.c1ccc(-c2cccc(-n3cccn3)n2)nc1. The molecule has 9 heteroatoms. The molecule has 8 nitrogen and oxygen atoms in total. The van der Waals surface area contributed by atoms with Crippen molar-refractivity contribution < 1.29 is 16.8 Å². The summed E-state index contributed by atoms with van der Waals surface area (Å²) in [5.74, 6) is 1.58. The van der Waals surface area contributed by atoms with Crippen molar-refractivity contribution in [3.05, 3.63) is 122 Å². The summed E-state index contributed by atoms with van der Waals surface area (Å²) in [6, 6.07) is 26.9. The molecule has 6 aromatic heterocycles. The van der Waals surface area contributed by atoms with Crippen molar-refractivity contribution in [3.8, 4) is 34.4 Å². The molecule has 0 aliphatic heterocycles. The monoisotopic (exact) mass is 503 g/mol. The third kappa shape index (κ3) is 5.91. The molecule has 0 unspecified atom stereocenters. The van der Waals surface area contributed by atoms with Crippen molar-refractivity contribution in [2.75, 3.05) is 0 Å². The molecule has 0 saturated carbocycles. The van der Waals surface area contributed by atoms with Crippen molar-refractivity contribution in [1.82, 2.24) is 39.5 Å². The molecule has 0 fully saturated rings. The third-order valence-electron chi connectivity index (χ3n) is 4.80. The van der Waals surface area contributed by atoms with Crippen molar-refractivity contribution >= 4 is 0 Å². The van der Waals surface area contributed by atoms with Gasteiger partial charge in [-0.3, -0.25) is 9.97 Å². The van der Waals surface area contributed by atoms with E-state index in [0.29, 0.717) is 0 Å². The van der Waals surface area contributed by atoms with Crippen LogP contribution in [0.2, 0.25) is 0 Å². The van der Waals surface area contributed by atoms with Crippen LogP contribution >= 0.6 is 0 Å². The summed E-state index contributed by atoms with van der Waals surface area (Å²) in [6.07, 6.45) is 10.7. The first-order chi connectivity index (χ1) is 16.9. The molecule has 173 valence electrons. The summed E-state index contributed by atoms with van der Waals surface area (Å²) in [7, 11) is 0. The molecule has 1 radical (unpaired) electrons. The normalized spacial score (nSPS) is 10.1. The minimum absolute atomic E-state index is 0. The molecule has 6 aromatic rings. The molecule has 6 rings (SSSR count). The third-order valence-corrected chi connectivity index (χ3v) is 4.80. The smallest absolute Gasteiger partial charge is 0.154 e. The average molecular weight is 503 g/mol. The molecule has 0 aromatic carbocycles. The summed E-state index contributed by atoms with van der Waals surface area (Å²) in [6.45, 7) is 0. The van der Waals surface area contributed by atoms with E-state index in [1.807, 2.05) is 97.3 Å². The van der Waals surface area contributed by atoms with E-state index in [-0.39, 0.29) is 16.8 Å². The van der Waals surface area contributed by atoms with Crippen LogP contribution in [0.3, 0.4) is 0 Å². The van der Waals surface area contributed by atoms with Gasteiger partial charge in [0, 0.05) is 54.0 Å².